The minimum atomic E-state index is -0.0427. The number of nitrogens with zero attached hydrogens (tertiary/aromatic N) is 3. The van der Waals surface area contributed by atoms with Gasteiger partial charge in [0.25, 0.3) is 0 Å². The third-order valence-electron chi connectivity index (χ3n) is 5.32. The van der Waals surface area contributed by atoms with E-state index >= 15 is 0 Å². The van der Waals surface area contributed by atoms with Crippen LogP contribution in [0.3, 0.4) is 0 Å². The van der Waals surface area contributed by atoms with E-state index in [1.165, 1.54) is 0 Å². The Labute approximate surface area is 182 Å². The highest BCUT2D eigenvalue weighted by molar-refractivity contribution is 6.31. The highest BCUT2D eigenvalue weighted by Crippen LogP contribution is 2.23. The highest BCUT2D eigenvalue weighted by Gasteiger charge is 2.20. The molecule has 0 fully saturated rings. The lowest BCUT2D eigenvalue weighted by Gasteiger charge is -2.27. The summed E-state index contributed by atoms with van der Waals surface area (Å²) in [6.45, 7) is 1.99. The Morgan fingerprint density at radius 2 is 1.87 bits per heavy atom. The Bertz CT molecular complexity index is 1300. The predicted octanol–water partition coefficient (Wildman–Crippen LogP) is 5.12. The van der Waals surface area contributed by atoms with Gasteiger partial charge >= 0.3 is 0 Å². The number of hydrogen-bond donors (Lipinski definition) is 0. The summed E-state index contributed by atoms with van der Waals surface area (Å²) < 4.78 is 5.64. The maximum absolute atomic E-state index is 12.8. The van der Waals surface area contributed by atoms with Crippen LogP contribution in [-0.4, -0.2) is 21.4 Å². The number of benzene rings is 2. The van der Waals surface area contributed by atoms with Gasteiger partial charge in [-0.15, -0.1) is 0 Å². The van der Waals surface area contributed by atoms with Crippen molar-refractivity contribution in [2.45, 2.75) is 19.5 Å². The van der Waals surface area contributed by atoms with E-state index in [0.29, 0.717) is 45.5 Å². The van der Waals surface area contributed by atoms with Crippen LogP contribution in [0.25, 0.3) is 22.4 Å². The van der Waals surface area contributed by atoms with Gasteiger partial charge in [0.15, 0.2) is 11.3 Å². The Balaban J connectivity index is 1.37. The molecule has 0 N–H and O–H groups in total. The van der Waals surface area contributed by atoms with Gasteiger partial charge < -0.3 is 4.42 Å². The Morgan fingerprint density at radius 3 is 2.70 bits per heavy atom. The summed E-state index contributed by atoms with van der Waals surface area (Å²) in [5.74, 6) is 0.700. The van der Waals surface area contributed by atoms with E-state index in [0.717, 1.165) is 29.8 Å². The van der Waals surface area contributed by atoms with E-state index in [1.54, 1.807) is 24.5 Å². The molecular formula is C23H17Cl2N3O2. The number of halogens is 2. The van der Waals surface area contributed by atoms with Crippen LogP contribution in [-0.2, 0) is 19.5 Å². The van der Waals surface area contributed by atoms with Crippen LogP contribution in [0.5, 0.6) is 0 Å². The molecule has 0 radical (unpaired) electrons. The maximum Gasteiger partial charge on any atom is 0.197 e. The smallest absolute Gasteiger partial charge is 0.197 e. The number of aromatic nitrogens is 2. The molecule has 0 unspecified atom stereocenters. The molecule has 0 saturated carbocycles. The van der Waals surface area contributed by atoms with Gasteiger partial charge in [-0.25, -0.2) is 9.97 Å². The summed E-state index contributed by atoms with van der Waals surface area (Å²) in [5, 5.41) is 1.72. The Morgan fingerprint density at radius 1 is 1.07 bits per heavy atom. The Hall–Kier alpha value is -2.73. The van der Waals surface area contributed by atoms with E-state index in [-0.39, 0.29) is 5.43 Å². The first-order valence-corrected chi connectivity index (χ1v) is 10.4. The van der Waals surface area contributed by atoms with Crippen molar-refractivity contribution in [2.75, 3.05) is 6.54 Å². The van der Waals surface area contributed by atoms with Crippen molar-refractivity contribution in [3.63, 3.8) is 0 Å². The number of hydrogen-bond acceptors (Lipinski definition) is 5. The molecule has 2 aromatic carbocycles. The van der Waals surface area contributed by atoms with Crippen LogP contribution >= 0.6 is 23.2 Å². The van der Waals surface area contributed by atoms with Crippen LogP contribution in [0.1, 0.15) is 16.8 Å². The first kappa shape index (κ1) is 19.2. The lowest BCUT2D eigenvalue weighted by Crippen LogP contribution is -2.32. The number of rotatable bonds is 3. The molecule has 7 heteroatoms. The largest absolute Gasteiger partial charge is 0.464 e. The van der Waals surface area contributed by atoms with Crippen molar-refractivity contribution in [2.24, 2.45) is 0 Å². The maximum atomic E-state index is 12.8. The molecule has 0 bridgehead atoms. The van der Waals surface area contributed by atoms with Crippen molar-refractivity contribution in [1.29, 1.82) is 0 Å². The standard InChI is InChI=1S/C23H17Cl2N3O2/c24-17-3-1-14(2-4-17)23-26-10-15-11-28(8-7-20(15)27-23)12-16-13-30-21-6-5-18(25)9-19(21)22(16)29/h1-6,9-10,13H,7-8,11-12H2. The molecule has 150 valence electrons. The zero-order valence-electron chi connectivity index (χ0n) is 15.9. The van der Waals surface area contributed by atoms with Crippen molar-refractivity contribution >= 4 is 34.2 Å². The van der Waals surface area contributed by atoms with E-state index in [2.05, 4.69) is 9.88 Å². The first-order chi connectivity index (χ1) is 14.6. The summed E-state index contributed by atoms with van der Waals surface area (Å²) >= 11 is 12.0. The van der Waals surface area contributed by atoms with Crippen molar-refractivity contribution in [1.82, 2.24) is 14.9 Å². The second-order valence-electron chi connectivity index (χ2n) is 7.36. The quantitative estimate of drug-likeness (QED) is 0.445. The summed E-state index contributed by atoms with van der Waals surface area (Å²) in [6, 6.07) is 12.6. The molecule has 30 heavy (non-hydrogen) atoms. The SMILES string of the molecule is O=c1c(CN2CCc3nc(-c4ccc(Cl)cc4)ncc3C2)coc2ccc(Cl)cc12. The van der Waals surface area contributed by atoms with E-state index in [1.807, 2.05) is 30.5 Å². The zero-order chi connectivity index (χ0) is 20.7. The first-order valence-electron chi connectivity index (χ1n) is 9.60. The Kier molecular flexibility index (Phi) is 5.03. The third-order valence-corrected chi connectivity index (χ3v) is 5.80. The predicted molar refractivity (Wildman–Crippen MR) is 118 cm³/mol. The molecule has 0 spiro atoms. The summed E-state index contributed by atoms with van der Waals surface area (Å²) in [4.78, 5) is 24.3. The molecule has 2 aromatic heterocycles. The molecule has 0 amide bonds. The van der Waals surface area contributed by atoms with E-state index in [4.69, 9.17) is 32.6 Å². The van der Waals surface area contributed by atoms with Gasteiger partial charge in [-0.05, 0) is 42.5 Å². The molecule has 5 nitrogen and oxygen atoms in total. The molecule has 3 heterocycles. The molecule has 0 aliphatic carbocycles. The van der Waals surface area contributed by atoms with Crippen LogP contribution < -0.4 is 5.43 Å². The second kappa shape index (κ2) is 7.84. The van der Waals surface area contributed by atoms with Crippen molar-refractivity contribution in [3.8, 4) is 11.4 Å². The fourth-order valence-corrected chi connectivity index (χ4v) is 4.04. The van der Waals surface area contributed by atoms with Gasteiger partial charge in [-0.1, -0.05) is 23.2 Å². The van der Waals surface area contributed by atoms with Crippen LogP contribution in [0.4, 0.5) is 0 Å². The molecular weight excluding hydrogens is 421 g/mol. The third kappa shape index (κ3) is 3.72. The van der Waals surface area contributed by atoms with Gasteiger partial charge in [0.05, 0.1) is 17.3 Å². The zero-order valence-corrected chi connectivity index (χ0v) is 17.5. The molecule has 0 saturated heterocycles. The molecule has 1 aliphatic heterocycles. The average molecular weight is 438 g/mol. The fourth-order valence-electron chi connectivity index (χ4n) is 3.74. The van der Waals surface area contributed by atoms with Crippen LogP contribution in [0.2, 0.25) is 10.0 Å². The average Bonchev–Trinajstić information content (AvgIpc) is 2.76. The van der Waals surface area contributed by atoms with Gasteiger partial charge in [0.2, 0.25) is 0 Å². The minimum absolute atomic E-state index is 0.0427. The second-order valence-corrected chi connectivity index (χ2v) is 8.24. The molecule has 1 aliphatic rings. The molecule has 5 rings (SSSR count). The summed E-state index contributed by atoms with van der Waals surface area (Å²) in [6.07, 6.45) is 4.22. The minimum Gasteiger partial charge on any atom is -0.464 e. The van der Waals surface area contributed by atoms with Crippen molar-refractivity contribution in [3.05, 3.63) is 92.0 Å². The van der Waals surface area contributed by atoms with Gasteiger partial charge in [0, 0.05) is 59.0 Å². The van der Waals surface area contributed by atoms with E-state index in [9.17, 15) is 4.79 Å². The monoisotopic (exact) mass is 437 g/mol. The van der Waals surface area contributed by atoms with Gasteiger partial charge in [-0.2, -0.15) is 0 Å². The van der Waals surface area contributed by atoms with Crippen LogP contribution in [0.15, 0.2) is 64.1 Å². The van der Waals surface area contributed by atoms with Crippen molar-refractivity contribution < 1.29 is 4.42 Å². The lowest BCUT2D eigenvalue weighted by atomic mass is 10.1. The topological polar surface area (TPSA) is 59.2 Å². The number of fused-ring (bicyclic) bond motifs is 2. The molecule has 0 atom stereocenters. The highest BCUT2D eigenvalue weighted by atomic mass is 35.5. The lowest BCUT2D eigenvalue weighted by molar-refractivity contribution is 0.240. The molecule has 4 aromatic rings. The summed E-state index contributed by atoms with van der Waals surface area (Å²) in [7, 11) is 0. The fraction of sp³-hybridized carbons (Fsp3) is 0.174. The van der Waals surface area contributed by atoms with Crippen LogP contribution in [0, 0.1) is 0 Å². The van der Waals surface area contributed by atoms with Gasteiger partial charge in [0.1, 0.15) is 5.58 Å². The summed E-state index contributed by atoms with van der Waals surface area (Å²) in [5.41, 5.74) is 4.18. The normalized spacial score (nSPS) is 14.1. The van der Waals surface area contributed by atoms with Gasteiger partial charge in [-0.3, -0.25) is 9.69 Å². The van der Waals surface area contributed by atoms with E-state index < -0.39 is 0 Å².